The molecule has 2 rings (SSSR count). The molecule has 5 nitrogen and oxygen atoms in total. The van der Waals surface area contributed by atoms with Crippen molar-refractivity contribution in [3.8, 4) is 0 Å². The van der Waals surface area contributed by atoms with Gasteiger partial charge in [0.05, 0.1) is 12.6 Å². The average Bonchev–Trinajstić information content (AvgIpc) is 2.69. The fourth-order valence-corrected chi connectivity index (χ4v) is 2.74. The minimum absolute atomic E-state index is 0.0932. The number of esters is 1. The summed E-state index contributed by atoms with van der Waals surface area (Å²) in [6.07, 6.45) is 3.95. The Morgan fingerprint density at radius 2 is 1.61 bits per heavy atom. The standard InChI is InChI=1S/C23H28N2O3/c1-5-16-28-22(27)15-8-18-6-9-19(10-7-18)23(24-17(2)26)20-11-13-21(14-12-20)25(3)4/h6-15,23H,5,16H2,1-4H3,(H,24,26)/b15-8+. The highest BCUT2D eigenvalue weighted by Crippen LogP contribution is 2.25. The maximum atomic E-state index is 11.7. The molecule has 0 saturated carbocycles. The largest absolute Gasteiger partial charge is 0.463 e. The minimum Gasteiger partial charge on any atom is -0.463 e. The lowest BCUT2D eigenvalue weighted by Gasteiger charge is -2.20. The molecular weight excluding hydrogens is 352 g/mol. The summed E-state index contributed by atoms with van der Waals surface area (Å²) in [5.41, 5.74) is 3.97. The molecule has 1 atom stereocenters. The summed E-state index contributed by atoms with van der Waals surface area (Å²) in [4.78, 5) is 25.3. The van der Waals surface area contributed by atoms with Gasteiger partial charge in [-0.15, -0.1) is 0 Å². The Hall–Kier alpha value is -3.08. The van der Waals surface area contributed by atoms with E-state index in [-0.39, 0.29) is 17.9 Å². The molecule has 0 spiro atoms. The molecule has 0 bridgehead atoms. The topological polar surface area (TPSA) is 58.6 Å². The van der Waals surface area contributed by atoms with E-state index < -0.39 is 0 Å². The maximum Gasteiger partial charge on any atom is 0.330 e. The van der Waals surface area contributed by atoms with Crippen molar-refractivity contribution in [2.24, 2.45) is 0 Å². The average molecular weight is 380 g/mol. The van der Waals surface area contributed by atoms with Crippen molar-refractivity contribution in [2.75, 3.05) is 25.6 Å². The van der Waals surface area contributed by atoms with Crippen molar-refractivity contribution < 1.29 is 14.3 Å². The molecule has 0 heterocycles. The van der Waals surface area contributed by atoms with Gasteiger partial charge in [-0.1, -0.05) is 43.3 Å². The lowest BCUT2D eigenvalue weighted by molar-refractivity contribution is -0.137. The van der Waals surface area contributed by atoms with Crippen LogP contribution in [0.3, 0.4) is 0 Å². The first-order chi connectivity index (χ1) is 13.4. The third-order valence-electron chi connectivity index (χ3n) is 4.22. The van der Waals surface area contributed by atoms with Gasteiger partial charge < -0.3 is 15.0 Å². The van der Waals surface area contributed by atoms with Crippen molar-refractivity contribution in [1.29, 1.82) is 0 Å². The smallest absolute Gasteiger partial charge is 0.330 e. The van der Waals surface area contributed by atoms with Gasteiger partial charge in [-0.25, -0.2) is 4.79 Å². The number of carbonyl (C=O) groups is 2. The SMILES string of the molecule is CCCOC(=O)/C=C/c1ccc(C(NC(C)=O)c2ccc(N(C)C)cc2)cc1. The van der Waals surface area contributed by atoms with Gasteiger partial charge in [0.15, 0.2) is 0 Å². The highest BCUT2D eigenvalue weighted by molar-refractivity contribution is 5.87. The molecule has 1 unspecified atom stereocenters. The predicted molar refractivity (Wildman–Crippen MR) is 113 cm³/mol. The summed E-state index contributed by atoms with van der Waals surface area (Å²) >= 11 is 0. The van der Waals surface area contributed by atoms with Gasteiger partial charge in [0.2, 0.25) is 5.91 Å². The summed E-state index contributed by atoms with van der Waals surface area (Å²) < 4.78 is 5.03. The Morgan fingerprint density at radius 3 is 2.11 bits per heavy atom. The molecule has 1 N–H and O–H groups in total. The van der Waals surface area contributed by atoms with E-state index >= 15 is 0 Å². The van der Waals surface area contributed by atoms with Gasteiger partial charge in [-0.3, -0.25) is 4.79 Å². The predicted octanol–water partition coefficient (Wildman–Crippen LogP) is 3.94. The van der Waals surface area contributed by atoms with Gasteiger partial charge in [0.25, 0.3) is 0 Å². The molecule has 0 saturated heterocycles. The first-order valence-electron chi connectivity index (χ1n) is 9.40. The molecule has 5 heteroatoms. The molecule has 0 aliphatic heterocycles. The normalized spacial score (nSPS) is 11.9. The second-order valence-electron chi connectivity index (χ2n) is 6.79. The van der Waals surface area contributed by atoms with Crippen LogP contribution in [0.25, 0.3) is 6.08 Å². The van der Waals surface area contributed by atoms with Crippen LogP contribution in [0.1, 0.15) is 43.0 Å². The fraction of sp³-hybridized carbons (Fsp3) is 0.304. The molecule has 2 aromatic rings. The Labute approximate surface area is 167 Å². The lowest BCUT2D eigenvalue weighted by atomic mass is 9.97. The number of anilines is 1. The highest BCUT2D eigenvalue weighted by atomic mass is 16.5. The summed E-state index contributed by atoms with van der Waals surface area (Å²) in [6, 6.07) is 15.6. The van der Waals surface area contributed by atoms with Gasteiger partial charge in [0, 0.05) is 32.8 Å². The van der Waals surface area contributed by atoms with Crippen LogP contribution in [-0.2, 0) is 14.3 Å². The number of amides is 1. The summed E-state index contributed by atoms with van der Waals surface area (Å²) in [6.45, 7) is 3.89. The molecule has 0 radical (unpaired) electrons. The number of nitrogens with one attached hydrogen (secondary N) is 1. The molecule has 148 valence electrons. The third-order valence-corrected chi connectivity index (χ3v) is 4.22. The van der Waals surface area contributed by atoms with Crippen LogP contribution in [0.5, 0.6) is 0 Å². The molecule has 0 aromatic heterocycles. The van der Waals surface area contributed by atoms with Gasteiger partial charge >= 0.3 is 5.97 Å². The maximum absolute atomic E-state index is 11.7. The van der Waals surface area contributed by atoms with Crippen LogP contribution >= 0.6 is 0 Å². The molecule has 1 amide bonds. The number of benzene rings is 2. The van der Waals surface area contributed by atoms with Gasteiger partial charge in [-0.05, 0) is 41.3 Å². The summed E-state index contributed by atoms with van der Waals surface area (Å²) in [5, 5.41) is 3.01. The monoisotopic (exact) mass is 380 g/mol. The third kappa shape index (κ3) is 6.27. The summed E-state index contributed by atoms with van der Waals surface area (Å²) in [5.74, 6) is -0.438. The lowest BCUT2D eigenvalue weighted by Crippen LogP contribution is -2.26. The van der Waals surface area contributed by atoms with Crippen LogP contribution in [-0.4, -0.2) is 32.6 Å². The molecule has 0 fully saturated rings. The van der Waals surface area contributed by atoms with Crippen molar-refractivity contribution in [3.63, 3.8) is 0 Å². The molecular formula is C23H28N2O3. The minimum atomic E-state index is -0.344. The first-order valence-corrected chi connectivity index (χ1v) is 9.40. The van der Waals surface area contributed by atoms with Crippen molar-refractivity contribution in [1.82, 2.24) is 5.32 Å². The molecule has 28 heavy (non-hydrogen) atoms. The van der Waals surface area contributed by atoms with E-state index in [0.29, 0.717) is 6.61 Å². The van der Waals surface area contributed by atoms with Gasteiger partial charge in [0.1, 0.15) is 0 Å². The van der Waals surface area contributed by atoms with Crippen LogP contribution in [0, 0.1) is 0 Å². The second-order valence-corrected chi connectivity index (χ2v) is 6.79. The molecule has 0 aliphatic rings. The second kappa shape index (κ2) is 10.3. The zero-order valence-electron chi connectivity index (χ0n) is 16.9. The summed E-state index contributed by atoms with van der Waals surface area (Å²) in [7, 11) is 3.98. The number of nitrogens with zero attached hydrogens (tertiary/aromatic N) is 1. The Kier molecular flexibility index (Phi) is 7.81. The number of ether oxygens (including phenoxy) is 1. The van der Waals surface area contributed by atoms with Crippen LogP contribution in [0.2, 0.25) is 0 Å². The van der Waals surface area contributed by atoms with E-state index in [1.54, 1.807) is 6.08 Å². The van der Waals surface area contributed by atoms with E-state index in [2.05, 4.69) is 5.32 Å². The van der Waals surface area contributed by atoms with Gasteiger partial charge in [-0.2, -0.15) is 0 Å². The van der Waals surface area contributed by atoms with Crippen LogP contribution in [0.15, 0.2) is 54.6 Å². The number of rotatable bonds is 8. The van der Waals surface area contributed by atoms with Crippen molar-refractivity contribution >= 4 is 23.6 Å². The number of hydrogen-bond donors (Lipinski definition) is 1. The van der Waals surface area contributed by atoms with Crippen LogP contribution in [0.4, 0.5) is 5.69 Å². The van der Waals surface area contributed by atoms with Crippen molar-refractivity contribution in [3.05, 3.63) is 71.3 Å². The van der Waals surface area contributed by atoms with E-state index in [0.717, 1.165) is 28.8 Å². The van der Waals surface area contributed by atoms with E-state index in [1.807, 2.05) is 74.4 Å². The molecule has 2 aromatic carbocycles. The Bertz CT molecular complexity index is 809. The zero-order valence-corrected chi connectivity index (χ0v) is 16.9. The highest BCUT2D eigenvalue weighted by Gasteiger charge is 2.15. The first kappa shape index (κ1) is 21.2. The zero-order chi connectivity index (χ0) is 20.5. The van der Waals surface area contributed by atoms with Crippen LogP contribution < -0.4 is 10.2 Å². The van der Waals surface area contributed by atoms with E-state index in [4.69, 9.17) is 4.74 Å². The van der Waals surface area contributed by atoms with Crippen molar-refractivity contribution in [2.45, 2.75) is 26.3 Å². The Balaban J connectivity index is 2.19. The number of hydrogen-bond acceptors (Lipinski definition) is 4. The number of carbonyl (C=O) groups excluding carboxylic acids is 2. The molecule has 0 aliphatic carbocycles. The van der Waals surface area contributed by atoms with E-state index in [1.165, 1.54) is 13.0 Å². The van der Waals surface area contributed by atoms with E-state index in [9.17, 15) is 9.59 Å². The quantitative estimate of drug-likeness (QED) is 0.557. The Morgan fingerprint density at radius 1 is 1.04 bits per heavy atom. The fourth-order valence-electron chi connectivity index (χ4n) is 2.74.